The zero-order chi connectivity index (χ0) is 18.2. The van der Waals surface area contributed by atoms with Crippen molar-refractivity contribution in [2.75, 3.05) is 18.4 Å². The molecule has 3 N–H and O–H groups in total. The second kappa shape index (κ2) is 9.20. The van der Waals surface area contributed by atoms with Gasteiger partial charge in [0.2, 0.25) is 5.91 Å². The number of carbonyl (C=O) groups excluding carboxylic acids is 2. The lowest BCUT2D eigenvalue weighted by atomic mass is 10.1. The number of nitrogens with one attached hydrogen (secondary N) is 3. The molecule has 0 bridgehead atoms. The summed E-state index contributed by atoms with van der Waals surface area (Å²) in [6.07, 6.45) is 0. The van der Waals surface area contributed by atoms with Gasteiger partial charge in [-0.3, -0.25) is 9.59 Å². The van der Waals surface area contributed by atoms with Gasteiger partial charge in [0.05, 0.1) is 6.54 Å². The number of hydrogen-bond acceptors (Lipinski definition) is 3. The number of halogens is 1. The molecule has 0 aliphatic carbocycles. The third-order valence-corrected chi connectivity index (χ3v) is 4.03. The molecule has 2 aromatic rings. The first kappa shape index (κ1) is 19.0. The Labute approximate surface area is 152 Å². The highest BCUT2D eigenvalue weighted by Gasteiger charge is 2.11. The second-order valence-electron chi connectivity index (χ2n) is 5.61. The molecule has 2 amide bonds. The minimum Gasteiger partial charge on any atom is -0.352 e. The number of benzene rings is 2. The van der Waals surface area contributed by atoms with Crippen LogP contribution in [-0.2, 0) is 4.79 Å². The topological polar surface area (TPSA) is 70.2 Å². The van der Waals surface area contributed by atoms with Gasteiger partial charge in [0.15, 0.2) is 0 Å². The minimum absolute atomic E-state index is 0.0545. The number of carbonyl (C=O) groups is 2. The van der Waals surface area contributed by atoms with Gasteiger partial charge in [-0.2, -0.15) is 0 Å². The Kier molecular flexibility index (Phi) is 6.98. The highest BCUT2D eigenvalue weighted by molar-refractivity contribution is 6.31. The summed E-state index contributed by atoms with van der Waals surface area (Å²) >= 11 is 6.16. The normalized spacial score (nSPS) is 11.6. The number of anilines is 1. The summed E-state index contributed by atoms with van der Waals surface area (Å²) in [6.45, 7) is 4.50. The summed E-state index contributed by atoms with van der Waals surface area (Å²) < 4.78 is 0. The third-order valence-electron chi connectivity index (χ3n) is 3.69. The van der Waals surface area contributed by atoms with Crippen LogP contribution in [0.5, 0.6) is 0 Å². The van der Waals surface area contributed by atoms with Gasteiger partial charge in [0.25, 0.3) is 5.91 Å². The van der Waals surface area contributed by atoms with Crippen LogP contribution in [0.15, 0.2) is 48.5 Å². The molecule has 0 unspecified atom stereocenters. The Morgan fingerprint density at radius 2 is 1.88 bits per heavy atom. The second-order valence-corrected chi connectivity index (χ2v) is 6.02. The molecule has 2 aromatic carbocycles. The van der Waals surface area contributed by atoms with Crippen LogP contribution in [0.3, 0.4) is 0 Å². The molecule has 0 saturated heterocycles. The van der Waals surface area contributed by atoms with Gasteiger partial charge in [-0.25, -0.2) is 0 Å². The summed E-state index contributed by atoms with van der Waals surface area (Å²) in [5.74, 6) is -0.351. The van der Waals surface area contributed by atoms with E-state index in [1.54, 1.807) is 24.3 Å². The fourth-order valence-electron chi connectivity index (χ4n) is 2.39. The largest absolute Gasteiger partial charge is 0.352 e. The molecule has 0 radical (unpaired) electrons. The summed E-state index contributed by atoms with van der Waals surface area (Å²) in [7, 11) is 0. The van der Waals surface area contributed by atoms with Gasteiger partial charge < -0.3 is 16.0 Å². The van der Waals surface area contributed by atoms with Crippen molar-refractivity contribution in [2.24, 2.45) is 0 Å². The molecule has 5 nitrogen and oxygen atoms in total. The molecule has 1 atom stereocenters. The lowest BCUT2D eigenvalue weighted by molar-refractivity contribution is -0.115. The summed E-state index contributed by atoms with van der Waals surface area (Å²) in [5.41, 5.74) is 2.04. The third kappa shape index (κ3) is 5.59. The zero-order valence-electron chi connectivity index (χ0n) is 14.3. The van der Waals surface area contributed by atoms with E-state index in [4.69, 9.17) is 11.6 Å². The monoisotopic (exact) mass is 359 g/mol. The quantitative estimate of drug-likeness (QED) is 0.709. The highest BCUT2D eigenvalue weighted by Crippen LogP contribution is 2.21. The van der Waals surface area contributed by atoms with Crippen LogP contribution < -0.4 is 16.0 Å². The van der Waals surface area contributed by atoms with Gasteiger partial charge in [-0.1, -0.05) is 35.9 Å². The van der Waals surface area contributed by atoms with E-state index in [1.807, 2.05) is 38.1 Å². The summed E-state index contributed by atoms with van der Waals surface area (Å²) in [5, 5.41) is 9.32. The van der Waals surface area contributed by atoms with Crippen molar-refractivity contribution in [1.29, 1.82) is 0 Å². The molecule has 132 valence electrons. The first-order valence-electron chi connectivity index (χ1n) is 8.17. The predicted octanol–water partition coefficient (Wildman–Crippen LogP) is 3.38. The van der Waals surface area contributed by atoms with Gasteiger partial charge in [0.1, 0.15) is 0 Å². The number of hydrogen-bond donors (Lipinski definition) is 3. The molecule has 2 rings (SSSR count). The molecule has 25 heavy (non-hydrogen) atoms. The van der Waals surface area contributed by atoms with Crippen LogP contribution in [0, 0.1) is 0 Å². The SMILES string of the molecule is CCNC(=O)c1cccc(NC(=O)CN[C@H](C)c2ccccc2Cl)c1. The van der Waals surface area contributed by atoms with Crippen LogP contribution >= 0.6 is 11.6 Å². The van der Waals surface area contributed by atoms with E-state index < -0.39 is 0 Å². The van der Waals surface area contributed by atoms with Crippen molar-refractivity contribution < 1.29 is 9.59 Å². The maximum absolute atomic E-state index is 12.1. The van der Waals surface area contributed by atoms with Gasteiger partial charge in [-0.05, 0) is 43.7 Å². The van der Waals surface area contributed by atoms with Crippen LogP contribution in [0.4, 0.5) is 5.69 Å². The van der Waals surface area contributed by atoms with E-state index in [0.717, 1.165) is 5.56 Å². The standard InChI is InChI=1S/C19H22ClN3O2/c1-3-21-19(25)14-7-6-8-15(11-14)23-18(24)12-22-13(2)16-9-4-5-10-17(16)20/h4-11,13,22H,3,12H2,1-2H3,(H,21,25)(H,23,24)/t13-/m1/s1. The lowest BCUT2D eigenvalue weighted by Gasteiger charge is -2.15. The molecule has 0 spiro atoms. The van der Waals surface area contributed by atoms with Crippen LogP contribution in [0.2, 0.25) is 5.02 Å². The Morgan fingerprint density at radius 3 is 2.60 bits per heavy atom. The molecule has 0 aliphatic heterocycles. The highest BCUT2D eigenvalue weighted by atomic mass is 35.5. The molecular formula is C19H22ClN3O2. The maximum Gasteiger partial charge on any atom is 0.251 e. The molecule has 0 heterocycles. The molecule has 0 fully saturated rings. The van der Waals surface area contributed by atoms with Crippen LogP contribution in [-0.4, -0.2) is 24.9 Å². The first-order chi connectivity index (χ1) is 12.0. The van der Waals surface area contributed by atoms with Crippen molar-refractivity contribution >= 4 is 29.1 Å². The molecule has 0 aromatic heterocycles. The zero-order valence-corrected chi connectivity index (χ0v) is 15.1. The average molecular weight is 360 g/mol. The summed E-state index contributed by atoms with van der Waals surface area (Å²) in [6, 6.07) is 14.3. The van der Waals surface area contributed by atoms with Crippen molar-refractivity contribution in [1.82, 2.24) is 10.6 Å². The number of amides is 2. The molecule has 0 aliphatic rings. The fraction of sp³-hybridized carbons (Fsp3) is 0.263. The Balaban J connectivity index is 1.91. The van der Waals surface area contributed by atoms with E-state index in [9.17, 15) is 9.59 Å². The molecule has 0 saturated carbocycles. The van der Waals surface area contributed by atoms with Crippen LogP contribution in [0.25, 0.3) is 0 Å². The minimum atomic E-state index is -0.188. The van der Waals surface area contributed by atoms with Crippen LogP contribution in [0.1, 0.15) is 35.8 Å². The Bertz CT molecular complexity index is 749. The average Bonchev–Trinajstić information content (AvgIpc) is 2.60. The van der Waals surface area contributed by atoms with E-state index in [0.29, 0.717) is 22.8 Å². The smallest absolute Gasteiger partial charge is 0.251 e. The molecule has 6 heteroatoms. The molecular weight excluding hydrogens is 338 g/mol. The van der Waals surface area contributed by atoms with Crippen molar-refractivity contribution in [3.63, 3.8) is 0 Å². The van der Waals surface area contributed by atoms with Crippen molar-refractivity contribution in [2.45, 2.75) is 19.9 Å². The summed E-state index contributed by atoms with van der Waals surface area (Å²) in [4.78, 5) is 24.0. The van der Waals surface area contributed by atoms with E-state index in [2.05, 4.69) is 16.0 Å². The van der Waals surface area contributed by atoms with Crippen molar-refractivity contribution in [3.8, 4) is 0 Å². The van der Waals surface area contributed by atoms with Gasteiger partial charge >= 0.3 is 0 Å². The van der Waals surface area contributed by atoms with Crippen molar-refractivity contribution in [3.05, 3.63) is 64.7 Å². The fourth-order valence-corrected chi connectivity index (χ4v) is 2.69. The Morgan fingerprint density at radius 1 is 1.12 bits per heavy atom. The van der Waals surface area contributed by atoms with E-state index in [1.165, 1.54) is 0 Å². The van der Waals surface area contributed by atoms with E-state index in [-0.39, 0.29) is 24.4 Å². The van der Waals surface area contributed by atoms with Gasteiger partial charge in [0, 0.05) is 28.9 Å². The first-order valence-corrected chi connectivity index (χ1v) is 8.55. The number of rotatable bonds is 7. The lowest BCUT2D eigenvalue weighted by Crippen LogP contribution is -2.30. The predicted molar refractivity (Wildman–Crippen MR) is 101 cm³/mol. The Hall–Kier alpha value is -2.37. The van der Waals surface area contributed by atoms with E-state index >= 15 is 0 Å². The van der Waals surface area contributed by atoms with Gasteiger partial charge in [-0.15, -0.1) is 0 Å². The maximum atomic E-state index is 12.1.